The molecule has 2 rings (SSSR count). The van der Waals surface area contributed by atoms with E-state index in [1.807, 2.05) is 38.2 Å². The summed E-state index contributed by atoms with van der Waals surface area (Å²) in [7, 11) is 2.03. The number of benzene rings is 1. The van der Waals surface area contributed by atoms with Crippen LogP contribution < -0.4 is 10.1 Å². The van der Waals surface area contributed by atoms with E-state index >= 15 is 0 Å². The summed E-state index contributed by atoms with van der Waals surface area (Å²) in [6, 6.07) is 9.77. The fourth-order valence-electron chi connectivity index (χ4n) is 2.22. The molecule has 0 saturated carbocycles. The number of nitrogens with one attached hydrogen (secondary N) is 1. The van der Waals surface area contributed by atoms with Gasteiger partial charge in [-0.15, -0.1) is 0 Å². The smallest absolute Gasteiger partial charge is 0.258 e. The quantitative estimate of drug-likeness (QED) is 0.918. The van der Waals surface area contributed by atoms with Crippen molar-refractivity contribution in [3.63, 3.8) is 0 Å². The molecule has 2 aromatic rings. The molecule has 0 aliphatic rings. The number of hydrogen-bond acceptors (Lipinski definition) is 2. The van der Waals surface area contributed by atoms with E-state index in [1.165, 1.54) is 11.4 Å². The Morgan fingerprint density at radius 1 is 1.24 bits per heavy atom. The van der Waals surface area contributed by atoms with Gasteiger partial charge in [-0.2, -0.15) is 0 Å². The SMILES string of the molecule is Cc1ccccc1OCC(=O)NCc1cc(C)n(C)c1C. The first-order valence-corrected chi connectivity index (χ1v) is 7.06. The number of rotatable bonds is 5. The minimum atomic E-state index is -0.112. The number of aryl methyl sites for hydroxylation is 2. The van der Waals surface area contributed by atoms with Crippen LogP contribution in [0.25, 0.3) is 0 Å². The molecule has 1 amide bonds. The van der Waals surface area contributed by atoms with E-state index < -0.39 is 0 Å². The average molecular weight is 286 g/mol. The van der Waals surface area contributed by atoms with Crippen molar-refractivity contribution in [2.45, 2.75) is 27.3 Å². The van der Waals surface area contributed by atoms with Crippen molar-refractivity contribution in [1.29, 1.82) is 0 Å². The molecular weight excluding hydrogens is 264 g/mol. The fraction of sp³-hybridized carbons (Fsp3) is 0.353. The van der Waals surface area contributed by atoms with E-state index in [-0.39, 0.29) is 12.5 Å². The van der Waals surface area contributed by atoms with Gasteiger partial charge >= 0.3 is 0 Å². The van der Waals surface area contributed by atoms with Crippen molar-refractivity contribution in [1.82, 2.24) is 9.88 Å². The number of ether oxygens (including phenoxy) is 1. The molecule has 0 aliphatic heterocycles. The van der Waals surface area contributed by atoms with E-state index in [2.05, 4.69) is 29.8 Å². The Morgan fingerprint density at radius 2 is 1.95 bits per heavy atom. The Bertz CT molecular complexity index is 644. The zero-order valence-corrected chi connectivity index (χ0v) is 13.1. The Morgan fingerprint density at radius 3 is 2.57 bits per heavy atom. The number of aromatic nitrogens is 1. The highest BCUT2D eigenvalue weighted by Crippen LogP contribution is 2.16. The molecule has 1 N–H and O–H groups in total. The predicted molar refractivity (Wildman–Crippen MR) is 83.4 cm³/mol. The van der Waals surface area contributed by atoms with Crippen LogP contribution in [0.3, 0.4) is 0 Å². The van der Waals surface area contributed by atoms with Crippen LogP contribution in [0.15, 0.2) is 30.3 Å². The maximum absolute atomic E-state index is 11.9. The lowest BCUT2D eigenvalue weighted by Gasteiger charge is -2.09. The number of carbonyl (C=O) groups excluding carboxylic acids is 1. The first-order chi connectivity index (χ1) is 9.99. The molecule has 0 aliphatic carbocycles. The molecule has 4 heteroatoms. The van der Waals surface area contributed by atoms with Crippen LogP contribution in [0.4, 0.5) is 0 Å². The summed E-state index contributed by atoms with van der Waals surface area (Å²) in [5, 5.41) is 2.89. The zero-order valence-electron chi connectivity index (χ0n) is 13.1. The largest absolute Gasteiger partial charge is 0.484 e. The predicted octanol–water partition coefficient (Wildman–Crippen LogP) is 2.65. The van der Waals surface area contributed by atoms with Gasteiger partial charge in [0.15, 0.2) is 6.61 Å². The standard InChI is InChI=1S/C17H22N2O2/c1-12-7-5-6-8-16(12)21-11-17(20)18-10-15-9-13(2)19(4)14(15)3/h5-9H,10-11H2,1-4H3,(H,18,20). The van der Waals surface area contributed by atoms with Crippen molar-refractivity contribution < 1.29 is 9.53 Å². The van der Waals surface area contributed by atoms with Gasteiger partial charge < -0.3 is 14.6 Å². The van der Waals surface area contributed by atoms with Gasteiger partial charge in [0.2, 0.25) is 0 Å². The molecule has 1 aromatic heterocycles. The van der Waals surface area contributed by atoms with Crippen molar-refractivity contribution in [3.8, 4) is 5.75 Å². The van der Waals surface area contributed by atoms with Crippen molar-refractivity contribution in [2.75, 3.05) is 6.61 Å². The number of carbonyl (C=O) groups is 1. The molecule has 0 unspecified atom stereocenters. The third kappa shape index (κ3) is 3.66. The lowest BCUT2D eigenvalue weighted by Crippen LogP contribution is -2.28. The van der Waals surface area contributed by atoms with Crippen LogP contribution in [0.2, 0.25) is 0 Å². The summed E-state index contributed by atoms with van der Waals surface area (Å²) in [5.41, 5.74) is 4.53. The van der Waals surface area contributed by atoms with E-state index in [1.54, 1.807) is 0 Å². The Labute approximate surface area is 125 Å². The monoisotopic (exact) mass is 286 g/mol. The zero-order chi connectivity index (χ0) is 15.4. The van der Waals surface area contributed by atoms with Crippen LogP contribution in [0.1, 0.15) is 22.5 Å². The van der Waals surface area contributed by atoms with Gasteiger partial charge in [0.1, 0.15) is 5.75 Å². The summed E-state index contributed by atoms with van der Waals surface area (Å²) in [4.78, 5) is 11.9. The van der Waals surface area contributed by atoms with Crippen molar-refractivity contribution in [2.24, 2.45) is 7.05 Å². The van der Waals surface area contributed by atoms with E-state index in [9.17, 15) is 4.79 Å². The van der Waals surface area contributed by atoms with Gasteiger partial charge in [-0.25, -0.2) is 0 Å². The number of nitrogens with zero attached hydrogens (tertiary/aromatic N) is 1. The highest BCUT2D eigenvalue weighted by atomic mass is 16.5. The van der Waals surface area contributed by atoms with Gasteiger partial charge in [0, 0.05) is 25.0 Å². The maximum atomic E-state index is 11.9. The maximum Gasteiger partial charge on any atom is 0.258 e. The second kappa shape index (κ2) is 6.48. The third-order valence-corrected chi connectivity index (χ3v) is 3.81. The molecule has 112 valence electrons. The Kier molecular flexibility index (Phi) is 4.68. The van der Waals surface area contributed by atoms with Crippen LogP contribution in [0, 0.1) is 20.8 Å². The first-order valence-electron chi connectivity index (χ1n) is 7.06. The van der Waals surface area contributed by atoms with Crippen LogP contribution in [-0.2, 0) is 18.4 Å². The molecule has 1 aromatic carbocycles. The molecule has 0 fully saturated rings. The molecule has 0 spiro atoms. The highest BCUT2D eigenvalue weighted by molar-refractivity contribution is 5.77. The summed E-state index contributed by atoms with van der Waals surface area (Å²) < 4.78 is 7.65. The molecule has 4 nitrogen and oxygen atoms in total. The minimum Gasteiger partial charge on any atom is -0.484 e. The van der Waals surface area contributed by atoms with Gasteiger partial charge in [0.05, 0.1) is 0 Å². The van der Waals surface area contributed by atoms with Crippen molar-refractivity contribution in [3.05, 3.63) is 52.8 Å². The first kappa shape index (κ1) is 15.2. The highest BCUT2D eigenvalue weighted by Gasteiger charge is 2.08. The van der Waals surface area contributed by atoms with Crippen LogP contribution in [0.5, 0.6) is 5.75 Å². The van der Waals surface area contributed by atoms with Gasteiger partial charge in [0.25, 0.3) is 5.91 Å². The van der Waals surface area contributed by atoms with E-state index in [0.29, 0.717) is 6.54 Å². The molecule has 21 heavy (non-hydrogen) atoms. The normalized spacial score (nSPS) is 10.5. The topological polar surface area (TPSA) is 43.3 Å². The van der Waals surface area contributed by atoms with Gasteiger partial charge in [-0.05, 0) is 44.0 Å². The van der Waals surface area contributed by atoms with E-state index in [0.717, 1.165) is 16.9 Å². The minimum absolute atomic E-state index is 0.0374. The Hall–Kier alpha value is -2.23. The summed E-state index contributed by atoms with van der Waals surface area (Å²) >= 11 is 0. The fourth-order valence-corrected chi connectivity index (χ4v) is 2.22. The molecule has 0 bridgehead atoms. The summed E-state index contributed by atoms with van der Waals surface area (Å²) in [5.74, 6) is 0.638. The van der Waals surface area contributed by atoms with E-state index in [4.69, 9.17) is 4.74 Å². The van der Waals surface area contributed by atoms with Crippen LogP contribution in [-0.4, -0.2) is 17.1 Å². The Balaban J connectivity index is 1.85. The molecule has 1 heterocycles. The molecule has 0 radical (unpaired) electrons. The lowest BCUT2D eigenvalue weighted by atomic mass is 10.2. The van der Waals surface area contributed by atoms with Crippen LogP contribution >= 0.6 is 0 Å². The number of hydrogen-bond donors (Lipinski definition) is 1. The van der Waals surface area contributed by atoms with Gasteiger partial charge in [-0.1, -0.05) is 18.2 Å². The van der Waals surface area contributed by atoms with Gasteiger partial charge in [-0.3, -0.25) is 4.79 Å². The second-order valence-corrected chi connectivity index (χ2v) is 5.29. The number of para-hydroxylation sites is 1. The molecule has 0 atom stereocenters. The third-order valence-electron chi connectivity index (χ3n) is 3.81. The molecule has 0 saturated heterocycles. The number of amides is 1. The second-order valence-electron chi connectivity index (χ2n) is 5.29. The summed E-state index contributed by atoms with van der Waals surface area (Å²) in [6.07, 6.45) is 0. The molecular formula is C17H22N2O2. The van der Waals surface area contributed by atoms with Crippen molar-refractivity contribution >= 4 is 5.91 Å². The average Bonchev–Trinajstić information content (AvgIpc) is 2.71. The lowest BCUT2D eigenvalue weighted by molar-refractivity contribution is -0.123. The summed E-state index contributed by atoms with van der Waals surface area (Å²) in [6.45, 7) is 6.64.